The monoisotopic (exact) mass is 369 g/mol. The SMILES string of the molecule is CCC(C)NC(=O)c1ccccc1NC(=S)NC(=O)c1ccc(C)cc1. The van der Waals surface area contributed by atoms with Gasteiger partial charge in [-0.15, -0.1) is 0 Å². The summed E-state index contributed by atoms with van der Waals surface area (Å²) in [4.78, 5) is 24.7. The predicted octanol–water partition coefficient (Wildman–Crippen LogP) is 3.65. The molecule has 0 saturated heterocycles. The van der Waals surface area contributed by atoms with Crippen molar-refractivity contribution in [1.82, 2.24) is 10.6 Å². The molecule has 0 radical (unpaired) electrons. The lowest BCUT2D eigenvalue weighted by molar-refractivity contribution is 0.0938. The van der Waals surface area contributed by atoms with Crippen LogP contribution in [0.15, 0.2) is 48.5 Å². The highest BCUT2D eigenvalue weighted by Gasteiger charge is 2.14. The first-order valence-corrected chi connectivity index (χ1v) is 8.90. The van der Waals surface area contributed by atoms with Crippen molar-refractivity contribution in [3.8, 4) is 0 Å². The molecule has 1 atom stereocenters. The minimum atomic E-state index is -0.302. The van der Waals surface area contributed by atoms with Gasteiger partial charge >= 0.3 is 0 Å². The predicted molar refractivity (Wildman–Crippen MR) is 109 cm³/mol. The number of amides is 2. The molecule has 0 spiro atoms. The van der Waals surface area contributed by atoms with E-state index in [1.54, 1.807) is 36.4 Å². The lowest BCUT2D eigenvalue weighted by atomic mass is 10.1. The maximum absolute atomic E-state index is 12.4. The molecule has 0 aliphatic heterocycles. The summed E-state index contributed by atoms with van der Waals surface area (Å²) in [5, 5.41) is 8.63. The van der Waals surface area contributed by atoms with Crippen molar-refractivity contribution in [2.24, 2.45) is 0 Å². The third-order valence-electron chi connectivity index (χ3n) is 3.95. The summed E-state index contributed by atoms with van der Waals surface area (Å²) >= 11 is 5.22. The van der Waals surface area contributed by atoms with E-state index in [0.29, 0.717) is 16.8 Å². The second-order valence-electron chi connectivity index (χ2n) is 6.10. The minimum Gasteiger partial charge on any atom is -0.350 e. The minimum absolute atomic E-state index is 0.0729. The molecule has 0 aromatic heterocycles. The highest BCUT2D eigenvalue weighted by molar-refractivity contribution is 7.80. The van der Waals surface area contributed by atoms with Crippen LogP contribution in [-0.4, -0.2) is 23.0 Å². The van der Waals surface area contributed by atoms with Gasteiger partial charge in [-0.05, 0) is 56.8 Å². The first kappa shape index (κ1) is 19.6. The molecular formula is C20H23N3O2S. The van der Waals surface area contributed by atoms with Gasteiger partial charge in [0.25, 0.3) is 11.8 Å². The second-order valence-corrected chi connectivity index (χ2v) is 6.51. The van der Waals surface area contributed by atoms with Crippen LogP contribution >= 0.6 is 12.2 Å². The molecule has 5 nitrogen and oxygen atoms in total. The molecule has 26 heavy (non-hydrogen) atoms. The number of para-hydroxylation sites is 1. The number of aryl methyl sites for hydroxylation is 1. The molecule has 0 bridgehead atoms. The number of carbonyl (C=O) groups excluding carboxylic acids is 2. The van der Waals surface area contributed by atoms with Crippen LogP contribution in [0, 0.1) is 6.92 Å². The van der Waals surface area contributed by atoms with Crippen molar-refractivity contribution in [3.63, 3.8) is 0 Å². The molecule has 2 rings (SSSR count). The fourth-order valence-corrected chi connectivity index (χ4v) is 2.43. The lowest BCUT2D eigenvalue weighted by Gasteiger charge is -2.16. The molecule has 0 fully saturated rings. The fourth-order valence-electron chi connectivity index (χ4n) is 2.23. The van der Waals surface area contributed by atoms with E-state index in [0.717, 1.165) is 12.0 Å². The summed E-state index contributed by atoms with van der Waals surface area (Å²) in [6.07, 6.45) is 0.840. The van der Waals surface area contributed by atoms with Gasteiger partial charge in [-0.1, -0.05) is 36.8 Å². The lowest BCUT2D eigenvalue weighted by Crippen LogP contribution is -2.36. The Bertz CT molecular complexity index is 803. The van der Waals surface area contributed by atoms with E-state index in [9.17, 15) is 9.59 Å². The van der Waals surface area contributed by atoms with Crippen molar-refractivity contribution in [1.29, 1.82) is 0 Å². The average molecular weight is 369 g/mol. The average Bonchev–Trinajstić information content (AvgIpc) is 2.62. The topological polar surface area (TPSA) is 70.2 Å². The highest BCUT2D eigenvalue weighted by Crippen LogP contribution is 2.15. The Morgan fingerprint density at radius 3 is 2.35 bits per heavy atom. The van der Waals surface area contributed by atoms with E-state index in [-0.39, 0.29) is 23.0 Å². The van der Waals surface area contributed by atoms with E-state index < -0.39 is 0 Å². The van der Waals surface area contributed by atoms with Crippen LogP contribution in [0.2, 0.25) is 0 Å². The van der Waals surface area contributed by atoms with Crippen molar-refractivity contribution in [3.05, 3.63) is 65.2 Å². The normalized spacial score (nSPS) is 11.3. The molecule has 1 unspecified atom stereocenters. The molecule has 3 N–H and O–H groups in total. The number of nitrogens with one attached hydrogen (secondary N) is 3. The smallest absolute Gasteiger partial charge is 0.257 e. The zero-order chi connectivity index (χ0) is 19.1. The van der Waals surface area contributed by atoms with Gasteiger partial charge in [0, 0.05) is 11.6 Å². The Morgan fingerprint density at radius 1 is 1.04 bits per heavy atom. The Labute approximate surface area is 159 Å². The zero-order valence-electron chi connectivity index (χ0n) is 15.1. The van der Waals surface area contributed by atoms with Gasteiger partial charge in [0.1, 0.15) is 0 Å². The molecule has 0 aliphatic rings. The second kappa shape index (κ2) is 9.10. The number of hydrogen-bond donors (Lipinski definition) is 3. The zero-order valence-corrected chi connectivity index (χ0v) is 15.9. The van der Waals surface area contributed by atoms with Gasteiger partial charge in [-0.25, -0.2) is 0 Å². The number of hydrogen-bond acceptors (Lipinski definition) is 3. The van der Waals surface area contributed by atoms with Crippen molar-refractivity contribution in [2.75, 3.05) is 5.32 Å². The molecule has 2 aromatic carbocycles. The van der Waals surface area contributed by atoms with Gasteiger partial charge in [-0.2, -0.15) is 0 Å². The fraction of sp³-hybridized carbons (Fsp3) is 0.250. The number of rotatable bonds is 5. The van der Waals surface area contributed by atoms with Crippen LogP contribution in [0.1, 0.15) is 46.5 Å². The maximum atomic E-state index is 12.4. The van der Waals surface area contributed by atoms with Crippen LogP contribution in [0.3, 0.4) is 0 Å². The molecule has 6 heteroatoms. The van der Waals surface area contributed by atoms with Gasteiger partial charge < -0.3 is 10.6 Å². The van der Waals surface area contributed by atoms with Crippen molar-refractivity contribution >= 4 is 34.8 Å². The third kappa shape index (κ3) is 5.39. The largest absolute Gasteiger partial charge is 0.350 e. The van der Waals surface area contributed by atoms with Gasteiger partial charge in [0.05, 0.1) is 11.3 Å². The van der Waals surface area contributed by atoms with Gasteiger partial charge in [0.2, 0.25) is 0 Å². The third-order valence-corrected chi connectivity index (χ3v) is 4.15. The summed E-state index contributed by atoms with van der Waals surface area (Å²) in [7, 11) is 0. The Kier molecular flexibility index (Phi) is 6.86. The van der Waals surface area contributed by atoms with Crippen LogP contribution in [0.4, 0.5) is 5.69 Å². The molecular weight excluding hydrogens is 346 g/mol. The van der Waals surface area contributed by atoms with E-state index in [1.807, 2.05) is 32.9 Å². The van der Waals surface area contributed by atoms with Crippen LogP contribution in [0.5, 0.6) is 0 Å². The van der Waals surface area contributed by atoms with E-state index >= 15 is 0 Å². The maximum Gasteiger partial charge on any atom is 0.257 e. The molecule has 0 heterocycles. The van der Waals surface area contributed by atoms with Crippen LogP contribution < -0.4 is 16.0 Å². The molecule has 0 aliphatic carbocycles. The van der Waals surface area contributed by atoms with Crippen molar-refractivity contribution in [2.45, 2.75) is 33.2 Å². The van der Waals surface area contributed by atoms with Crippen molar-refractivity contribution < 1.29 is 9.59 Å². The first-order chi connectivity index (χ1) is 12.4. The van der Waals surface area contributed by atoms with E-state index in [2.05, 4.69) is 16.0 Å². The highest BCUT2D eigenvalue weighted by atomic mass is 32.1. The Hall–Kier alpha value is -2.73. The Balaban J connectivity index is 2.06. The number of carbonyl (C=O) groups is 2. The van der Waals surface area contributed by atoms with E-state index in [4.69, 9.17) is 12.2 Å². The number of anilines is 1. The summed E-state index contributed by atoms with van der Waals surface area (Å²) < 4.78 is 0. The van der Waals surface area contributed by atoms with Gasteiger partial charge in [-0.3, -0.25) is 14.9 Å². The van der Waals surface area contributed by atoms with Gasteiger partial charge in [0.15, 0.2) is 5.11 Å². The number of benzene rings is 2. The van der Waals surface area contributed by atoms with Crippen LogP contribution in [-0.2, 0) is 0 Å². The summed E-state index contributed by atoms with van der Waals surface area (Å²) in [6, 6.07) is 14.3. The molecule has 0 saturated carbocycles. The molecule has 2 amide bonds. The summed E-state index contributed by atoms with van der Waals surface area (Å²) in [6.45, 7) is 5.90. The molecule has 2 aromatic rings. The number of thiocarbonyl (C=S) groups is 1. The summed E-state index contributed by atoms with van der Waals surface area (Å²) in [5.74, 6) is -0.487. The Morgan fingerprint density at radius 2 is 1.69 bits per heavy atom. The standard InChI is InChI=1S/C20H23N3O2S/c1-4-14(3)21-19(25)16-7-5-6-8-17(16)22-20(26)23-18(24)15-11-9-13(2)10-12-15/h5-12,14H,4H2,1-3H3,(H,21,25)(H2,22,23,24,26). The first-order valence-electron chi connectivity index (χ1n) is 8.49. The van der Waals surface area contributed by atoms with E-state index in [1.165, 1.54) is 0 Å². The quantitative estimate of drug-likeness (QED) is 0.704. The van der Waals surface area contributed by atoms with Crippen LogP contribution in [0.25, 0.3) is 0 Å². The summed E-state index contributed by atoms with van der Waals surface area (Å²) in [5.41, 5.74) is 2.60. The molecule has 136 valence electrons.